The van der Waals surface area contributed by atoms with E-state index < -0.39 is 0 Å². The van der Waals surface area contributed by atoms with Gasteiger partial charge in [0.05, 0.1) is 0 Å². The molecule has 0 saturated carbocycles. The Morgan fingerprint density at radius 3 is 2.00 bits per heavy atom. The fraction of sp³-hybridized carbons (Fsp3) is 0.0435. The van der Waals surface area contributed by atoms with Crippen molar-refractivity contribution in [2.45, 2.75) is 5.92 Å². The minimum absolute atomic E-state index is 0.0876. The molecule has 0 heterocycles. The fourth-order valence-electron chi connectivity index (χ4n) is 2.58. The number of halogens is 2. The van der Waals surface area contributed by atoms with E-state index in [-0.39, 0.29) is 5.92 Å². The first-order valence-corrected chi connectivity index (χ1v) is 8.89. The predicted molar refractivity (Wildman–Crippen MR) is 110 cm³/mol. The van der Waals surface area contributed by atoms with Gasteiger partial charge in [0.1, 0.15) is 0 Å². The third kappa shape index (κ3) is 5.09. The molecule has 0 nitrogen and oxygen atoms in total. The highest BCUT2D eigenvalue weighted by molar-refractivity contribution is 6.48. The molecule has 0 aliphatic heterocycles. The summed E-state index contributed by atoms with van der Waals surface area (Å²) in [6.45, 7) is 0. The fourth-order valence-corrected chi connectivity index (χ4v) is 2.97. The summed E-state index contributed by atoms with van der Waals surface area (Å²) in [4.78, 5) is 0. The van der Waals surface area contributed by atoms with Gasteiger partial charge in [0.15, 0.2) is 0 Å². The average molecular weight is 365 g/mol. The Labute approximate surface area is 159 Å². The van der Waals surface area contributed by atoms with Crippen molar-refractivity contribution in [2.24, 2.45) is 0 Å². The van der Waals surface area contributed by atoms with Crippen LogP contribution in [0.3, 0.4) is 0 Å². The summed E-state index contributed by atoms with van der Waals surface area (Å²) in [6.07, 6.45) is 6.34. The van der Waals surface area contributed by atoms with Gasteiger partial charge in [-0.05, 0) is 28.8 Å². The molecule has 1 unspecified atom stereocenters. The van der Waals surface area contributed by atoms with Crippen LogP contribution in [0.1, 0.15) is 22.6 Å². The van der Waals surface area contributed by atoms with Gasteiger partial charge in [-0.15, -0.1) is 0 Å². The van der Waals surface area contributed by atoms with E-state index >= 15 is 0 Å². The summed E-state index contributed by atoms with van der Waals surface area (Å²) < 4.78 is 0. The molecule has 0 aliphatic carbocycles. The van der Waals surface area contributed by atoms with Crippen LogP contribution in [0.4, 0.5) is 0 Å². The van der Waals surface area contributed by atoms with Gasteiger partial charge in [-0.2, -0.15) is 0 Å². The maximum atomic E-state index is 6.56. The molecule has 0 N–H and O–H groups in total. The Hall–Kier alpha value is -2.28. The first-order valence-electron chi connectivity index (χ1n) is 8.14. The van der Waals surface area contributed by atoms with Gasteiger partial charge in [0.25, 0.3) is 0 Å². The van der Waals surface area contributed by atoms with Crippen molar-refractivity contribution in [3.8, 4) is 0 Å². The first-order chi connectivity index (χ1) is 12.2. The highest BCUT2D eigenvalue weighted by Gasteiger charge is 2.07. The smallest absolute Gasteiger partial charge is 0.0447 e. The van der Waals surface area contributed by atoms with Crippen LogP contribution in [0, 0.1) is 0 Å². The molecular weight excluding hydrogens is 347 g/mol. The number of allylic oxidation sites excluding steroid dienone is 2. The Bertz CT molecular complexity index is 848. The lowest BCUT2D eigenvalue weighted by molar-refractivity contribution is 1.09. The van der Waals surface area contributed by atoms with Crippen LogP contribution < -0.4 is 0 Å². The molecule has 3 rings (SSSR count). The Morgan fingerprint density at radius 1 is 0.760 bits per heavy atom. The lowest BCUT2D eigenvalue weighted by atomic mass is 9.96. The van der Waals surface area contributed by atoms with E-state index in [1.54, 1.807) is 0 Å². The van der Waals surface area contributed by atoms with Crippen LogP contribution in [0.2, 0.25) is 5.02 Å². The zero-order valence-electron chi connectivity index (χ0n) is 13.6. The highest BCUT2D eigenvalue weighted by Crippen LogP contribution is 2.27. The zero-order chi connectivity index (χ0) is 17.5. The van der Waals surface area contributed by atoms with Crippen LogP contribution >= 0.6 is 23.2 Å². The van der Waals surface area contributed by atoms with Gasteiger partial charge in [-0.1, -0.05) is 114 Å². The zero-order valence-corrected chi connectivity index (χ0v) is 15.2. The molecule has 0 aromatic heterocycles. The Kier molecular flexibility index (Phi) is 6.11. The van der Waals surface area contributed by atoms with Crippen LogP contribution in [0.5, 0.6) is 0 Å². The van der Waals surface area contributed by atoms with E-state index in [4.69, 9.17) is 23.2 Å². The van der Waals surface area contributed by atoms with Crippen molar-refractivity contribution in [3.05, 3.63) is 119 Å². The van der Waals surface area contributed by atoms with Crippen molar-refractivity contribution in [3.63, 3.8) is 0 Å². The molecule has 0 fully saturated rings. The quantitative estimate of drug-likeness (QED) is 0.441. The van der Waals surface area contributed by atoms with E-state index in [1.165, 1.54) is 5.56 Å². The standard InChI is InChI=1S/C23H18Cl2/c24-22-15-12-18(13-16-22)11-14-21(19-7-3-1-4-8-19)17-23(25)20-9-5-2-6-10-20/h1-17,21H/b14-11+,23-17+. The molecule has 25 heavy (non-hydrogen) atoms. The maximum Gasteiger partial charge on any atom is 0.0447 e. The monoisotopic (exact) mass is 364 g/mol. The molecule has 124 valence electrons. The largest absolute Gasteiger partial charge is 0.0843 e. The minimum Gasteiger partial charge on any atom is -0.0843 e. The number of hydrogen-bond acceptors (Lipinski definition) is 0. The van der Waals surface area contributed by atoms with Gasteiger partial charge in [0.2, 0.25) is 0 Å². The summed E-state index contributed by atoms with van der Waals surface area (Å²) >= 11 is 12.5. The van der Waals surface area contributed by atoms with E-state index in [9.17, 15) is 0 Å². The van der Waals surface area contributed by atoms with Crippen molar-refractivity contribution < 1.29 is 0 Å². The van der Waals surface area contributed by atoms with Crippen LogP contribution in [-0.2, 0) is 0 Å². The van der Waals surface area contributed by atoms with Gasteiger partial charge in [0, 0.05) is 16.0 Å². The SMILES string of the molecule is Cl/C(=C/C(/C=C/c1ccc(Cl)cc1)c1ccccc1)c1ccccc1. The van der Waals surface area contributed by atoms with E-state index in [2.05, 4.69) is 30.4 Å². The average Bonchev–Trinajstić information content (AvgIpc) is 2.67. The Morgan fingerprint density at radius 2 is 1.36 bits per heavy atom. The summed E-state index contributed by atoms with van der Waals surface area (Å²) in [6, 6.07) is 28.1. The molecule has 0 bridgehead atoms. The van der Waals surface area contributed by atoms with Crippen molar-refractivity contribution in [1.82, 2.24) is 0 Å². The topological polar surface area (TPSA) is 0 Å². The Balaban J connectivity index is 1.92. The summed E-state index contributed by atoms with van der Waals surface area (Å²) in [5, 5.41) is 1.49. The molecule has 2 heteroatoms. The lowest BCUT2D eigenvalue weighted by Crippen LogP contribution is -1.92. The number of benzene rings is 3. The molecule has 3 aromatic carbocycles. The van der Waals surface area contributed by atoms with E-state index in [0.29, 0.717) is 0 Å². The summed E-state index contributed by atoms with van der Waals surface area (Å²) in [5.74, 6) is 0.0876. The van der Waals surface area contributed by atoms with Crippen molar-refractivity contribution in [2.75, 3.05) is 0 Å². The van der Waals surface area contributed by atoms with Crippen molar-refractivity contribution in [1.29, 1.82) is 0 Å². The molecular formula is C23H18Cl2. The molecule has 3 aromatic rings. The van der Waals surface area contributed by atoms with Gasteiger partial charge >= 0.3 is 0 Å². The molecule has 0 amide bonds. The first kappa shape index (κ1) is 17.5. The number of rotatable bonds is 5. The molecule has 0 aliphatic rings. The second-order valence-electron chi connectivity index (χ2n) is 5.73. The van der Waals surface area contributed by atoms with Crippen molar-refractivity contribution >= 4 is 34.3 Å². The molecule has 1 atom stereocenters. The van der Waals surface area contributed by atoms with E-state index in [0.717, 1.165) is 21.2 Å². The maximum absolute atomic E-state index is 6.56. The number of hydrogen-bond donors (Lipinski definition) is 0. The van der Waals surface area contributed by atoms with E-state index in [1.807, 2.05) is 72.8 Å². The molecule has 0 saturated heterocycles. The lowest BCUT2D eigenvalue weighted by Gasteiger charge is -2.10. The molecule has 0 spiro atoms. The minimum atomic E-state index is 0.0876. The molecule has 0 radical (unpaired) electrons. The van der Waals surface area contributed by atoms with Crippen LogP contribution in [0.25, 0.3) is 11.1 Å². The van der Waals surface area contributed by atoms with Gasteiger partial charge in [-0.3, -0.25) is 0 Å². The summed E-state index contributed by atoms with van der Waals surface area (Å²) in [7, 11) is 0. The predicted octanol–water partition coefficient (Wildman–Crippen LogP) is 7.42. The highest BCUT2D eigenvalue weighted by atomic mass is 35.5. The second kappa shape index (κ2) is 8.71. The normalized spacial score (nSPS) is 13.1. The third-order valence-electron chi connectivity index (χ3n) is 3.93. The van der Waals surface area contributed by atoms with Gasteiger partial charge in [-0.25, -0.2) is 0 Å². The third-order valence-corrected chi connectivity index (χ3v) is 4.52. The van der Waals surface area contributed by atoms with Crippen LogP contribution in [0.15, 0.2) is 97.1 Å². The van der Waals surface area contributed by atoms with Crippen LogP contribution in [-0.4, -0.2) is 0 Å². The van der Waals surface area contributed by atoms with Gasteiger partial charge < -0.3 is 0 Å². The summed E-state index contributed by atoms with van der Waals surface area (Å²) in [5.41, 5.74) is 3.32. The second-order valence-corrected chi connectivity index (χ2v) is 6.57.